The van der Waals surface area contributed by atoms with Gasteiger partial charge >= 0.3 is 0 Å². The van der Waals surface area contributed by atoms with Gasteiger partial charge in [-0.15, -0.1) is 0 Å². The summed E-state index contributed by atoms with van der Waals surface area (Å²) in [6.07, 6.45) is 0. The number of hydrogen-bond donors (Lipinski definition) is 0. The molecule has 78 heavy (non-hydrogen) atoms. The number of hydrogen-bond acceptors (Lipinski definition) is 2. The minimum absolute atomic E-state index is 0.877. The van der Waals surface area contributed by atoms with E-state index in [9.17, 15) is 0 Å². The molecule has 0 bridgehead atoms. The van der Waals surface area contributed by atoms with Crippen LogP contribution in [-0.2, 0) is 0 Å². The van der Waals surface area contributed by atoms with Crippen molar-refractivity contribution in [2.75, 3.05) is 0 Å². The standard InChI is InChI=1S/C76H46O2/c1-3-23-47(24-4-1)69-65-39-19-21-41-67(65)77-75(69)73-59-35-15-11-31-55(59)71(56-32-12-16-36-60(56)73)63-45-43-53(49-27-7-9-29-51(49)63)54-44-46-64(52-30-10-8-28-50(52)54)72-57-33-13-17-37-61(57)74(62-38-18-14-34-58(62)72)76-70(48-25-5-2-6-26-48)66-40-20-22-42-68(66)78-76/h1-46H. The van der Waals surface area contributed by atoms with Gasteiger partial charge in [0.25, 0.3) is 0 Å². The smallest absolute Gasteiger partial charge is 0.144 e. The maximum atomic E-state index is 7.00. The molecule has 16 aromatic rings. The monoisotopic (exact) mass is 990 g/mol. The molecule has 0 aliphatic rings. The van der Waals surface area contributed by atoms with Gasteiger partial charge in [0, 0.05) is 33.0 Å². The highest BCUT2D eigenvalue weighted by Crippen LogP contribution is 2.53. The molecule has 0 unspecified atom stereocenters. The lowest BCUT2D eigenvalue weighted by Crippen LogP contribution is -1.94. The van der Waals surface area contributed by atoms with Crippen LogP contribution in [0.2, 0.25) is 0 Å². The Kier molecular flexibility index (Phi) is 9.98. The van der Waals surface area contributed by atoms with Crippen LogP contribution >= 0.6 is 0 Å². The summed E-state index contributed by atoms with van der Waals surface area (Å²) >= 11 is 0. The Bertz CT molecular complexity index is 4640. The Morgan fingerprint density at radius 1 is 0.154 bits per heavy atom. The largest absolute Gasteiger partial charge is 0.455 e. The molecule has 2 heterocycles. The van der Waals surface area contributed by atoms with E-state index in [-0.39, 0.29) is 0 Å². The lowest BCUT2D eigenvalue weighted by Gasteiger charge is -2.21. The molecule has 0 saturated heterocycles. The second-order valence-electron chi connectivity index (χ2n) is 20.4. The van der Waals surface area contributed by atoms with Gasteiger partial charge in [0.1, 0.15) is 22.7 Å². The molecule has 14 aromatic carbocycles. The molecule has 0 aliphatic carbocycles. The molecule has 362 valence electrons. The van der Waals surface area contributed by atoms with Gasteiger partial charge in [-0.25, -0.2) is 0 Å². The third-order valence-electron chi connectivity index (χ3n) is 16.3. The first-order valence-electron chi connectivity index (χ1n) is 26.8. The zero-order chi connectivity index (χ0) is 51.3. The molecule has 0 radical (unpaired) electrons. The minimum Gasteiger partial charge on any atom is -0.455 e. The summed E-state index contributed by atoms with van der Waals surface area (Å²) < 4.78 is 14.0. The van der Waals surface area contributed by atoms with Crippen LogP contribution in [0, 0.1) is 0 Å². The molecule has 2 heteroatoms. The Balaban J connectivity index is 0.901. The molecule has 0 amide bonds. The molecule has 0 atom stereocenters. The normalized spacial score (nSPS) is 11.8. The Labute approximate surface area is 450 Å². The highest BCUT2D eigenvalue weighted by Gasteiger charge is 2.27. The van der Waals surface area contributed by atoms with Gasteiger partial charge in [-0.2, -0.15) is 0 Å². The maximum Gasteiger partial charge on any atom is 0.144 e. The quantitative estimate of drug-likeness (QED) is 0.149. The van der Waals surface area contributed by atoms with Gasteiger partial charge in [0.05, 0.1) is 0 Å². The van der Waals surface area contributed by atoms with Crippen LogP contribution in [0.15, 0.2) is 288 Å². The van der Waals surface area contributed by atoms with E-state index in [1.165, 1.54) is 76.5 Å². The van der Waals surface area contributed by atoms with E-state index in [1.807, 2.05) is 0 Å². The molecule has 2 nitrogen and oxygen atoms in total. The van der Waals surface area contributed by atoms with Crippen LogP contribution in [0.5, 0.6) is 0 Å². The molecule has 0 N–H and O–H groups in total. The van der Waals surface area contributed by atoms with Gasteiger partial charge in [0.15, 0.2) is 0 Å². The van der Waals surface area contributed by atoms with Gasteiger partial charge in [0.2, 0.25) is 0 Å². The first-order chi connectivity index (χ1) is 38.8. The van der Waals surface area contributed by atoms with Crippen LogP contribution in [0.3, 0.4) is 0 Å². The van der Waals surface area contributed by atoms with E-state index in [2.05, 4.69) is 279 Å². The van der Waals surface area contributed by atoms with Gasteiger partial charge in [-0.05, 0) is 121 Å². The van der Waals surface area contributed by atoms with E-state index in [0.717, 1.165) is 88.4 Å². The number of benzene rings is 14. The van der Waals surface area contributed by atoms with Gasteiger partial charge in [-0.1, -0.05) is 267 Å². The van der Waals surface area contributed by atoms with E-state index >= 15 is 0 Å². The summed E-state index contributed by atoms with van der Waals surface area (Å²) in [4.78, 5) is 0. The van der Waals surface area contributed by atoms with Crippen molar-refractivity contribution in [1.82, 2.24) is 0 Å². The molecule has 0 spiro atoms. The Morgan fingerprint density at radius 3 is 0.705 bits per heavy atom. The van der Waals surface area contributed by atoms with Crippen molar-refractivity contribution in [2.24, 2.45) is 0 Å². The second-order valence-corrected chi connectivity index (χ2v) is 20.4. The zero-order valence-corrected chi connectivity index (χ0v) is 42.4. The molecule has 16 rings (SSSR count). The van der Waals surface area contributed by atoms with Crippen molar-refractivity contribution in [2.45, 2.75) is 0 Å². The average molecular weight is 991 g/mol. The van der Waals surface area contributed by atoms with E-state index in [1.54, 1.807) is 0 Å². The van der Waals surface area contributed by atoms with Crippen LogP contribution < -0.4 is 0 Å². The first-order valence-corrected chi connectivity index (χ1v) is 26.8. The summed E-state index contributed by atoms with van der Waals surface area (Å²) in [5, 5.41) is 16.4. The van der Waals surface area contributed by atoms with Crippen LogP contribution in [0.1, 0.15) is 0 Å². The molecular weight excluding hydrogens is 945 g/mol. The van der Waals surface area contributed by atoms with Crippen LogP contribution in [-0.4, -0.2) is 0 Å². The maximum absolute atomic E-state index is 7.00. The van der Waals surface area contributed by atoms with Crippen molar-refractivity contribution in [3.05, 3.63) is 279 Å². The molecule has 0 aliphatic heterocycles. The molecular formula is C76H46O2. The van der Waals surface area contributed by atoms with E-state index in [4.69, 9.17) is 8.83 Å². The molecule has 2 aromatic heterocycles. The minimum atomic E-state index is 0.877. The van der Waals surface area contributed by atoms with Crippen molar-refractivity contribution < 1.29 is 8.83 Å². The Morgan fingerprint density at radius 2 is 0.385 bits per heavy atom. The van der Waals surface area contributed by atoms with Gasteiger partial charge < -0.3 is 8.83 Å². The SMILES string of the molecule is c1ccc(-c2c(-c3c4ccccc4c(-c4ccc(-c5ccc(-c6c7ccccc7c(-c7oc8ccccc8c7-c7ccccc7)c7ccccc67)c6ccccc56)c5ccccc45)c4ccccc34)oc3ccccc23)cc1. The van der Waals surface area contributed by atoms with Crippen molar-refractivity contribution in [3.8, 4) is 78.3 Å². The summed E-state index contributed by atoms with van der Waals surface area (Å²) in [7, 11) is 0. The lowest BCUT2D eigenvalue weighted by molar-refractivity contribution is 0.633. The fraction of sp³-hybridized carbons (Fsp3) is 0. The summed E-state index contributed by atoms with van der Waals surface area (Å²) in [6, 6.07) is 101. The lowest BCUT2D eigenvalue weighted by atomic mass is 9.82. The first kappa shape index (κ1) is 44.1. The predicted molar refractivity (Wildman–Crippen MR) is 329 cm³/mol. The van der Waals surface area contributed by atoms with Crippen molar-refractivity contribution >= 4 is 86.6 Å². The summed E-state index contributed by atoms with van der Waals surface area (Å²) in [5.74, 6) is 1.77. The third kappa shape index (κ3) is 6.63. The summed E-state index contributed by atoms with van der Waals surface area (Å²) in [6.45, 7) is 0. The second kappa shape index (κ2) is 17.7. The van der Waals surface area contributed by atoms with Crippen molar-refractivity contribution in [3.63, 3.8) is 0 Å². The number of para-hydroxylation sites is 2. The number of rotatable bonds is 7. The average Bonchev–Trinajstić information content (AvgIpc) is 4.26. The number of furan rings is 2. The van der Waals surface area contributed by atoms with Crippen molar-refractivity contribution in [1.29, 1.82) is 0 Å². The highest BCUT2D eigenvalue weighted by molar-refractivity contribution is 6.28. The molecule has 0 fully saturated rings. The van der Waals surface area contributed by atoms with Gasteiger partial charge in [-0.3, -0.25) is 0 Å². The third-order valence-corrected chi connectivity index (χ3v) is 16.3. The van der Waals surface area contributed by atoms with Crippen LogP contribution in [0.4, 0.5) is 0 Å². The fourth-order valence-corrected chi connectivity index (χ4v) is 13.1. The Hall–Kier alpha value is -10.3. The summed E-state index contributed by atoms with van der Waals surface area (Å²) in [5.41, 5.74) is 15.7. The topological polar surface area (TPSA) is 26.3 Å². The zero-order valence-electron chi connectivity index (χ0n) is 42.4. The predicted octanol–water partition coefficient (Wildman–Crippen LogP) is 21.8. The van der Waals surface area contributed by atoms with Crippen LogP contribution in [0.25, 0.3) is 165 Å². The van der Waals surface area contributed by atoms with E-state index in [0.29, 0.717) is 0 Å². The highest BCUT2D eigenvalue weighted by atomic mass is 16.3. The number of fused-ring (bicyclic) bond motifs is 8. The fourth-order valence-electron chi connectivity index (χ4n) is 13.1. The van der Waals surface area contributed by atoms with E-state index < -0.39 is 0 Å². The molecule has 0 saturated carbocycles.